The minimum Gasteiger partial charge on any atom is -0.494 e. The number of carbonyl (C=O) groups excluding carboxylic acids is 3. The van der Waals surface area contributed by atoms with Gasteiger partial charge in [-0.2, -0.15) is 0 Å². The van der Waals surface area contributed by atoms with Crippen molar-refractivity contribution in [2.24, 2.45) is 0 Å². The SMILES string of the molecule is CCOc1ccc(C(=O)COC(=O)CCNC(=O)c2ccc(C(C)(C)C)cc2)cc1. The summed E-state index contributed by atoms with van der Waals surface area (Å²) in [5.41, 5.74) is 2.13. The second-order valence-electron chi connectivity index (χ2n) is 7.87. The quantitative estimate of drug-likeness (QED) is 0.499. The van der Waals surface area contributed by atoms with Crippen molar-refractivity contribution in [1.29, 1.82) is 0 Å². The molecule has 30 heavy (non-hydrogen) atoms. The fourth-order valence-corrected chi connectivity index (χ4v) is 2.71. The maximum absolute atomic E-state index is 12.2. The third kappa shape index (κ3) is 7.03. The van der Waals surface area contributed by atoms with Crippen molar-refractivity contribution in [3.63, 3.8) is 0 Å². The molecular weight excluding hydrogens is 382 g/mol. The molecule has 1 amide bonds. The Morgan fingerprint density at radius 2 is 1.50 bits per heavy atom. The molecule has 0 fully saturated rings. The van der Waals surface area contributed by atoms with Gasteiger partial charge in [0.2, 0.25) is 0 Å². The number of rotatable bonds is 9. The van der Waals surface area contributed by atoms with Gasteiger partial charge in [-0.3, -0.25) is 14.4 Å². The van der Waals surface area contributed by atoms with Crippen molar-refractivity contribution in [1.82, 2.24) is 5.32 Å². The van der Waals surface area contributed by atoms with Gasteiger partial charge in [-0.25, -0.2) is 0 Å². The van der Waals surface area contributed by atoms with E-state index < -0.39 is 5.97 Å². The predicted octanol–water partition coefficient (Wildman–Crippen LogP) is 3.93. The molecule has 0 aromatic heterocycles. The molecule has 2 rings (SSSR count). The molecule has 160 valence electrons. The maximum Gasteiger partial charge on any atom is 0.308 e. The standard InChI is InChI=1S/C24H29NO5/c1-5-29-20-12-8-17(9-13-20)21(26)16-30-22(27)14-15-25-23(28)18-6-10-19(11-7-18)24(2,3)4/h6-13H,5,14-16H2,1-4H3,(H,25,28). The molecule has 0 aliphatic carbocycles. The van der Waals surface area contributed by atoms with Crippen molar-refractivity contribution in [3.05, 3.63) is 65.2 Å². The van der Waals surface area contributed by atoms with Crippen molar-refractivity contribution in [3.8, 4) is 5.75 Å². The fraction of sp³-hybridized carbons (Fsp3) is 0.375. The minimum absolute atomic E-state index is 0.0115. The van der Waals surface area contributed by atoms with Gasteiger partial charge in [0.1, 0.15) is 5.75 Å². The Bertz CT molecular complexity index is 864. The van der Waals surface area contributed by atoms with E-state index in [0.717, 1.165) is 5.56 Å². The monoisotopic (exact) mass is 411 g/mol. The lowest BCUT2D eigenvalue weighted by Crippen LogP contribution is -2.27. The summed E-state index contributed by atoms with van der Waals surface area (Å²) in [6.07, 6.45) is -0.0115. The molecule has 0 radical (unpaired) electrons. The van der Waals surface area contributed by atoms with E-state index in [1.807, 2.05) is 19.1 Å². The molecule has 0 aliphatic rings. The second-order valence-corrected chi connectivity index (χ2v) is 7.87. The Kier molecular flexibility index (Phi) is 8.16. The van der Waals surface area contributed by atoms with E-state index in [-0.39, 0.29) is 36.7 Å². The molecule has 0 saturated heterocycles. The van der Waals surface area contributed by atoms with Gasteiger partial charge in [-0.1, -0.05) is 32.9 Å². The first-order chi connectivity index (χ1) is 14.2. The molecule has 2 aromatic rings. The van der Waals surface area contributed by atoms with E-state index in [1.54, 1.807) is 36.4 Å². The van der Waals surface area contributed by atoms with E-state index in [4.69, 9.17) is 9.47 Å². The van der Waals surface area contributed by atoms with E-state index >= 15 is 0 Å². The average Bonchev–Trinajstić information content (AvgIpc) is 2.72. The molecule has 2 aromatic carbocycles. The van der Waals surface area contributed by atoms with Crippen LogP contribution < -0.4 is 10.1 Å². The largest absolute Gasteiger partial charge is 0.494 e. The number of hydrogen-bond donors (Lipinski definition) is 1. The number of hydrogen-bond acceptors (Lipinski definition) is 5. The Morgan fingerprint density at radius 3 is 2.07 bits per heavy atom. The van der Waals surface area contributed by atoms with Crippen LogP contribution >= 0.6 is 0 Å². The van der Waals surface area contributed by atoms with E-state index in [0.29, 0.717) is 23.5 Å². The summed E-state index contributed by atoms with van der Waals surface area (Å²) in [5.74, 6) is -0.421. The first-order valence-electron chi connectivity index (χ1n) is 10.0. The number of ketones is 1. The highest BCUT2D eigenvalue weighted by Gasteiger charge is 2.15. The molecule has 0 unspecified atom stereocenters. The van der Waals surface area contributed by atoms with E-state index in [1.165, 1.54) is 0 Å². The van der Waals surface area contributed by atoms with Crippen LogP contribution in [0.3, 0.4) is 0 Å². The second kappa shape index (κ2) is 10.6. The number of nitrogens with one attached hydrogen (secondary N) is 1. The van der Waals surface area contributed by atoms with Gasteiger partial charge in [-0.15, -0.1) is 0 Å². The number of esters is 1. The van der Waals surface area contributed by atoms with Crippen LogP contribution in [-0.4, -0.2) is 37.4 Å². The zero-order valence-electron chi connectivity index (χ0n) is 18.0. The molecule has 1 N–H and O–H groups in total. The van der Waals surface area contributed by atoms with Crippen molar-refractivity contribution in [2.45, 2.75) is 39.5 Å². The van der Waals surface area contributed by atoms with Crippen LogP contribution in [0.2, 0.25) is 0 Å². The molecule has 0 spiro atoms. The van der Waals surface area contributed by atoms with Gasteiger partial charge in [0.05, 0.1) is 13.0 Å². The van der Waals surface area contributed by atoms with Crippen LogP contribution in [0.4, 0.5) is 0 Å². The predicted molar refractivity (Wildman–Crippen MR) is 115 cm³/mol. The maximum atomic E-state index is 12.2. The van der Waals surface area contributed by atoms with Crippen LogP contribution in [0.15, 0.2) is 48.5 Å². The van der Waals surface area contributed by atoms with Crippen LogP contribution in [-0.2, 0) is 14.9 Å². The number of amides is 1. The van der Waals surface area contributed by atoms with Gasteiger partial charge >= 0.3 is 5.97 Å². The van der Waals surface area contributed by atoms with Crippen molar-refractivity contribution in [2.75, 3.05) is 19.8 Å². The van der Waals surface area contributed by atoms with Gasteiger partial charge in [0.15, 0.2) is 12.4 Å². The highest BCUT2D eigenvalue weighted by molar-refractivity contribution is 5.98. The molecule has 0 atom stereocenters. The fourth-order valence-electron chi connectivity index (χ4n) is 2.71. The van der Waals surface area contributed by atoms with Crippen LogP contribution in [0.5, 0.6) is 5.75 Å². The van der Waals surface area contributed by atoms with Crippen LogP contribution in [0.1, 0.15) is 60.4 Å². The Morgan fingerprint density at radius 1 is 0.900 bits per heavy atom. The van der Waals surface area contributed by atoms with Crippen molar-refractivity contribution >= 4 is 17.7 Å². The summed E-state index contributed by atoms with van der Waals surface area (Å²) in [6.45, 7) is 8.54. The molecule has 0 aliphatic heterocycles. The Hall–Kier alpha value is -3.15. The molecule has 0 saturated carbocycles. The van der Waals surface area contributed by atoms with Gasteiger partial charge in [0.25, 0.3) is 5.91 Å². The zero-order chi connectivity index (χ0) is 22.1. The lowest BCUT2D eigenvalue weighted by Gasteiger charge is -2.19. The lowest BCUT2D eigenvalue weighted by atomic mass is 9.87. The Balaban J connectivity index is 1.72. The molecule has 0 heterocycles. The third-order valence-electron chi connectivity index (χ3n) is 4.48. The number of ether oxygens (including phenoxy) is 2. The van der Waals surface area contributed by atoms with Crippen LogP contribution in [0, 0.1) is 0 Å². The highest BCUT2D eigenvalue weighted by Crippen LogP contribution is 2.22. The van der Waals surface area contributed by atoms with Gasteiger partial charge in [0, 0.05) is 17.7 Å². The average molecular weight is 411 g/mol. The normalized spacial score (nSPS) is 10.9. The summed E-state index contributed by atoms with van der Waals surface area (Å²) in [7, 11) is 0. The molecular formula is C24H29NO5. The van der Waals surface area contributed by atoms with Crippen LogP contribution in [0.25, 0.3) is 0 Å². The molecule has 0 bridgehead atoms. The number of Topliss-reactive ketones (excluding diaryl/α,β-unsaturated/α-hetero) is 1. The zero-order valence-corrected chi connectivity index (χ0v) is 18.0. The smallest absolute Gasteiger partial charge is 0.308 e. The van der Waals surface area contributed by atoms with E-state index in [2.05, 4.69) is 26.1 Å². The summed E-state index contributed by atoms with van der Waals surface area (Å²) in [6, 6.07) is 14.0. The lowest BCUT2D eigenvalue weighted by molar-refractivity contribution is -0.142. The molecule has 6 nitrogen and oxygen atoms in total. The summed E-state index contributed by atoms with van der Waals surface area (Å²) in [4.78, 5) is 36.1. The van der Waals surface area contributed by atoms with E-state index in [9.17, 15) is 14.4 Å². The summed E-state index contributed by atoms with van der Waals surface area (Å²) < 4.78 is 10.3. The van der Waals surface area contributed by atoms with Gasteiger partial charge < -0.3 is 14.8 Å². The Labute approximate surface area is 177 Å². The summed E-state index contributed by atoms with van der Waals surface area (Å²) >= 11 is 0. The highest BCUT2D eigenvalue weighted by atomic mass is 16.5. The first kappa shape index (κ1) is 23.1. The number of carbonyl (C=O) groups is 3. The topological polar surface area (TPSA) is 81.7 Å². The first-order valence-corrected chi connectivity index (χ1v) is 10.0. The summed E-state index contributed by atoms with van der Waals surface area (Å²) in [5, 5.41) is 2.69. The minimum atomic E-state index is -0.544. The molecule has 6 heteroatoms. The number of benzene rings is 2. The van der Waals surface area contributed by atoms with Gasteiger partial charge in [-0.05, 0) is 54.3 Å². The third-order valence-corrected chi connectivity index (χ3v) is 4.48. The van der Waals surface area contributed by atoms with Crippen molar-refractivity contribution < 1.29 is 23.9 Å².